The monoisotopic (exact) mass is 285 g/mol. The van der Waals surface area contributed by atoms with Gasteiger partial charge < -0.3 is 10.1 Å². The fourth-order valence-electron chi connectivity index (χ4n) is 2.48. The number of nitrogens with one attached hydrogen (secondary N) is 1. The second-order valence-electron chi connectivity index (χ2n) is 4.84. The number of ether oxygens (including phenoxy) is 1. The Balaban J connectivity index is 2.48. The Bertz CT molecular complexity index is 584. The lowest BCUT2D eigenvalue weighted by Crippen LogP contribution is -2.14. The molecule has 0 radical (unpaired) electrons. The molecule has 0 aliphatic heterocycles. The van der Waals surface area contributed by atoms with Crippen molar-refractivity contribution in [2.24, 2.45) is 0 Å². The lowest BCUT2D eigenvalue weighted by molar-refractivity contribution is 0.0850. The second kappa shape index (κ2) is 7.18. The van der Waals surface area contributed by atoms with Crippen LogP contribution in [0.2, 0.25) is 0 Å². The summed E-state index contributed by atoms with van der Waals surface area (Å²) < 4.78 is 5.89. The van der Waals surface area contributed by atoms with Crippen LogP contribution in [0.4, 0.5) is 5.82 Å². The molecule has 0 saturated heterocycles. The molecule has 0 aliphatic carbocycles. The van der Waals surface area contributed by atoms with E-state index in [-0.39, 0.29) is 6.10 Å². The van der Waals surface area contributed by atoms with E-state index in [1.807, 2.05) is 51.2 Å². The van der Waals surface area contributed by atoms with Gasteiger partial charge in [-0.3, -0.25) is 0 Å². The minimum absolute atomic E-state index is 0.229. The van der Waals surface area contributed by atoms with Crippen LogP contribution in [-0.4, -0.2) is 23.6 Å². The Morgan fingerprint density at radius 3 is 2.43 bits per heavy atom. The van der Waals surface area contributed by atoms with Gasteiger partial charge >= 0.3 is 0 Å². The molecule has 2 aromatic rings. The molecule has 4 nitrogen and oxygen atoms in total. The molecule has 1 aromatic heterocycles. The third-order valence-electron chi connectivity index (χ3n) is 3.49. The number of anilines is 1. The zero-order chi connectivity index (χ0) is 15.2. The molecule has 1 unspecified atom stereocenters. The molecule has 2 rings (SSSR count). The summed E-state index contributed by atoms with van der Waals surface area (Å²) in [4.78, 5) is 9.34. The van der Waals surface area contributed by atoms with Gasteiger partial charge in [-0.2, -0.15) is 0 Å². The molecular weight excluding hydrogens is 262 g/mol. The lowest BCUT2D eigenvalue weighted by Gasteiger charge is -2.19. The van der Waals surface area contributed by atoms with Crippen molar-refractivity contribution in [2.75, 3.05) is 19.0 Å². The lowest BCUT2D eigenvalue weighted by atomic mass is 10.1. The van der Waals surface area contributed by atoms with E-state index in [0.717, 1.165) is 29.1 Å². The molecule has 0 bridgehead atoms. The summed E-state index contributed by atoms with van der Waals surface area (Å²) in [7, 11) is 1.89. The summed E-state index contributed by atoms with van der Waals surface area (Å²) in [5.74, 6) is 1.60. The molecule has 112 valence electrons. The first kappa shape index (κ1) is 15.4. The van der Waals surface area contributed by atoms with Gasteiger partial charge in [0.2, 0.25) is 0 Å². The van der Waals surface area contributed by atoms with Gasteiger partial charge in [-0.05, 0) is 25.8 Å². The van der Waals surface area contributed by atoms with Crippen LogP contribution >= 0.6 is 0 Å². The van der Waals surface area contributed by atoms with Crippen molar-refractivity contribution in [1.29, 1.82) is 0 Å². The Morgan fingerprint density at radius 2 is 1.86 bits per heavy atom. The summed E-state index contributed by atoms with van der Waals surface area (Å²) >= 11 is 0. The highest BCUT2D eigenvalue weighted by Gasteiger charge is 2.20. The van der Waals surface area contributed by atoms with Gasteiger partial charge in [-0.25, -0.2) is 9.97 Å². The van der Waals surface area contributed by atoms with Crippen molar-refractivity contribution in [3.8, 4) is 0 Å². The van der Waals surface area contributed by atoms with Crippen LogP contribution in [-0.2, 0) is 11.2 Å². The fourth-order valence-corrected chi connectivity index (χ4v) is 2.48. The predicted molar refractivity (Wildman–Crippen MR) is 85.6 cm³/mol. The highest BCUT2D eigenvalue weighted by Crippen LogP contribution is 2.26. The van der Waals surface area contributed by atoms with E-state index >= 15 is 0 Å². The van der Waals surface area contributed by atoms with Gasteiger partial charge in [0, 0.05) is 24.9 Å². The molecule has 1 N–H and O–H groups in total. The van der Waals surface area contributed by atoms with E-state index in [0.29, 0.717) is 12.4 Å². The van der Waals surface area contributed by atoms with Crippen molar-refractivity contribution >= 4 is 5.82 Å². The molecule has 1 aromatic carbocycles. The third-order valence-corrected chi connectivity index (χ3v) is 3.49. The maximum Gasteiger partial charge on any atom is 0.164 e. The minimum atomic E-state index is -0.229. The third kappa shape index (κ3) is 3.39. The molecule has 0 fully saturated rings. The summed E-state index contributed by atoms with van der Waals surface area (Å²) in [6, 6.07) is 10.1. The maximum atomic E-state index is 5.89. The second-order valence-corrected chi connectivity index (χ2v) is 4.84. The van der Waals surface area contributed by atoms with Gasteiger partial charge in [-0.15, -0.1) is 0 Å². The first-order chi connectivity index (χ1) is 10.2. The van der Waals surface area contributed by atoms with E-state index < -0.39 is 0 Å². The summed E-state index contributed by atoms with van der Waals surface area (Å²) in [6.07, 6.45) is 0.681. The number of benzene rings is 1. The molecule has 0 amide bonds. The van der Waals surface area contributed by atoms with E-state index in [4.69, 9.17) is 4.74 Å². The van der Waals surface area contributed by atoms with E-state index in [2.05, 4.69) is 22.2 Å². The fraction of sp³-hybridized carbons (Fsp3) is 0.412. The maximum absolute atomic E-state index is 5.89. The van der Waals surface area contributed by atoms with Gasteiger partial charge in [0.15, 0.2) is 5.82 Å². The molecule has 0 saturated carbocycles. The van der Waals surface area contributed by atoms with Crippen LogP contribution in [0.1, 0.15) is 42.6 Å². The van der Waals surface area contributed by atoms with Crippen molar-refractivity contribution in [3.05, 3.63) is 53.0 Å². The number of nitrogens with zero attached hydrogens (tertiary/aromatic N) is 2. The van der Waals surface area contributed by atoms with Crippen LogP contribution in [0.15, 0.2) is 30.3 Å². The largest absolute Gasteiger partial charge is 0.373 e. The highest BCUT2D eigenvalue weighted by molar-refractivity contribution is 5.46. The zero-order valence-electron chi connectivity index (χ0n) is 13.2. The van der Waals surface area contributed by atoms with E-state index in [9.17, 15) is 0 Å². The van der Waals surface area contributed by atoms with Crippen LogP contribution in [0.25, 0.3) is 0 Å². The van der Waals surface area contributed by atoms with Gasteiger partial charge in [0.25, 0.3) is 0 Å². The van der Waals surface area contributed by atoms with Crippen molar-refractivity contribution < 1.29 is 4.74 Å². The first-order valence-corrected chi connectivity index (χ1v) is 7.42. The Morgan fingerprint density at radius 1 is 1.14 bits per heavy atom. The highest BCUT2D eigenvalue weighted by atomic mass is 16.5. The van der Waals surface area contributed by atoms with Crippen molar-refractivity contribution in [2.45, 2.75) is 33.3 Å². The van der Waals surface area contributed by atoms with Crippen molar-refractivity contribution in [1.82, 2.24) is 9.97 Å². The van der Waals surface area contributed by atoms with Crippen molar-refractivity contribution in [3.63, 3.8) is 0 Å². The molecule has 1 atom stereocenters. The van der Waals surface area contributed by atoms with E-state index in [1.54, 1.807) is 0 Å². The van der Waals surface area contributed by atoms with Crippen LogP contribution < -0.4 is 5.32 Å². The van der Waals surface area contributed by atoms with Crippen LogP contribution in [0.3, 0.4) is 0 Å². The molecule has 1 heterocycles. The SMILES string of the molecule is CCOC(c1ccccc1)c1nc(C)c(CC)c(NC)n1. The average molecular weight is 285 g/mol. The van der Waals surface area contributed by atoms with Crippen LogP contribution in [0, 0.1) is 6.92 Å². The average Bonchev–Trinajstić information content (AvgIpc) is 2.52. The topological polar surface area (TPSA) is 47.0 Å². The molecule has 4 heteroatoms. The number of rotatable bonds is 6. The zero-order valence-corrected chi connectivity index (χ0v) is 13.2. The molecule has 21 heavy (non-hydrogen) atoms. The smallest absolute Gasteiger partial charge is 0.164 e. The minimum Gasteiger partial charge on any atom is -0.373 e. The summed E-state index contributed by atoms with van der Waals surface area (Å²) in [6.45, 7) is 6.75. The predicted octanol–water partition coefficient (Wildman–Crippen LogP) is 3.52. The Kier molecular flexibility index (Phi) is 5.28. The number of aryl methyl sites for hydroxylation is 1. The van der Waals surface area contributed by atoms with Crippen LogP contribution in [0.5, 0.6) is 0 Å². The van der Waals surface area contributed by atoms with E-state index in [1.165, 1.54) is 0 Å². The van der Waals surface area contributed by atoms with Gasteiger partial charge in [0.1, 0.15) is 11.9 Å². The Hall–Kier alpha value is -1.94. The number of hydrogen-bond donors (Lipinski definition) is 1. The molecule has 0 aliphatic rings. The number of aromatic nitrogens is 2. The Labute approximate surface area is 126 Å². The van der Waals surface area contributed by atoms with Gasteiger partial charge in [-0.1, -0.05) is 37.3 Å². The summed E-state index contributed by atoms with van der Waals surface area (Å²) in [5.41, 5.74) is 3.24. The number of hydrogen-bond acceptors (Lipinski definition) is 4. The summed E-state index contributed by atoms with van der Waals surface area (Å²) in [5, 5.41) is 3.17. The molecular formula is C17H23N3O. The standard InChI is InChI=1S/C17H23N3O/c1-5-14-12(3)19-17(20-16(14)18-4)15(21-6-2)13-10-8-7-9-11-13/h7-11,15H,5-6H2,1-4H3,(H,18,19,20). The normalized spacial score (nSPS) is 12.2. The quantitative estimate of drug-likeness (QED) is 0.882. The van der Waals surface area contributed by atoms with Gasteiger partial charge in [0.05, 0.1) is 0 Å². The molecule has 0 spiro atoms. The first-order valence-electron chi connectivity index (χ1n) is 7.42.